The summed E-state index contributed by atoms with van der Waals surface area (Å²) in [5.74, 6) is 0.720. The lowest BCUT2D eigenvalue weighted by molar-refractivity contribution is -0.120. The number of anilines is 1. The van der Waals surface area contributed by atoms with Gasteiger partial charge in [0.15, 0.2) is 0 Å². The van der Waals surface area contributed by atoms with Crippen LogP contribution in [0.15, 0.2) is 18.2 Å². The van der Waals surface area contributed by atoms with Crippen LogP contribution < -0.4 is 15.0 Å². The third-order valence-corrected chi connectivity index (χ3v) is 5.08. The van der Waals surface area contributed by atoms with Crippen molar-refractivity contribution in [2.75, 3.05) is 31.6 Å². The number of rotatable bonds is 4. The third-order valence-electron chi connectivity index (χ3n) is 5.08. The Balaban J connectivity index is 1.82. The first-order chi connectivity index (χ1) is 12.5. The van der Waals surface area contributed by atoms with Crippen LogP contribution in [0, 0.1) is 12.8 Å². The van der Waals surface area contributed by atoms with Crippen molar-refractivity contribution in [1.29, 1.82) is 0 Å². The Labute approximate surface area is 153 Å². The number of amides is 4. The van der Waals surface area contributed by atoms with Crippen molar-refractivity contribution in [3.63, 3.8) is 0 Å². The van der Waals surface area contributed by atoms with Crippen molar-refractivity contribution in [2.45, 2.75) is 25.7 Å². The fourth-order valence-electron chi connectivity index (χ4n) is 3.44. The molecular weight excluding hydrogens is 334 g/mol. The van der Waals surface area contributed by atoms with Crippen molar-refractivity contribution in [3.05, 3.63) is 30.7 Å². The number of hydrogen-bond acceptors (Lipinski definition) is 4. The summed E-state index contributed by atoms with van der Waals surface area (Å²) >= 11 is 0. The highest BCUT2D eigenvalue weighted by Gasteiger charge is 2.28. The number of carbonyl (C=O) groups is 3. The molecule has 7 heteroatoms. The van der Waals surface area contributed by atoms with Crippen molar-refractivity contribution in [2.24, 2.45) is 5.92 Å². The first-order valence-electron chi connectivity index (χ1n) is 8.91. The summed E-state index contributed by atoms with van der Waals surface area (Å²) in [6.45, 7) is 5.65. The van der Waals surface area contributed by atoms with E-state index in [4.69, 9.17) is 4.74 Å². The van der Waals surface area contributed by atoms with E-state index in [1.807, 2.05) is 4.90 Å². The molecule has 0 aliphatic carbocycles. The predicted molar refractivity (Wildman–Crippen MR) is 97.1 cm³/mol. The summed E-state index contributed by atoms with van der Waals surface area (Å²) in [7, 11) is 1.51. The summed E-state index contributed by atoms with van der Waals surface area (Å²) in [5.41, 5.74) is 1.01. The lowest BCUT2D eigenvalue weighted by Crippen LogP contribution is -2.49. The van der Waals surface area contributed by atoms with E-state index < -0.39 is 6.03 Å². The molecule has 4 amide bonds. The Morgan fingerprint density at radius 1 is 1.27 bits per heavy atom. The summed E-state index contributed by atoms with van der Waals surface area (Å²) in [6, 6.07) is 4.57. The fourth-order valence-corrected chi connectivity index (χ4v) is 3.44. The Morgan fingerprint density at radius 2 is 2.00 bits per heavy atom. The second-order valence-electron chi connectivity index (χ2n) is 6.67. The Hall–Kier alpha value is -2.57. The molecule has 0 saturated carbocycles. The minimum atomic E-state index is -0.500. The molecule has 2 saturated heterocycles. The Bertz CT molecular complexity index is 711. The maximum Gasteiger partial charge on any atom is 0.328 e. The zero-order chi connectivity index (χ0) is 18.7. The molecule has 2 aliphatic heterocycles. The lowest BCUT2D eigenvalue weighted by Gasteiger charge is -2.32. The maximum atomic E-state index is 12.9. The molecular formula is C19H24N3O4. The van der Waals surface area contributed by atoms with E-state index >= 15 is 0 Å². The average Bonchev–Trinajstić information content (AvgIpc) is 2.67. The number of nitrogens with one attached hydrogen (secondary N) is 1. The molecule has 2 heterocycles. The van der Waals surface area contributed by atoms with Gasteiger partial charge in [-0.3, -0.25) is 19.8 Å². The first-order valence-corrected chi connectivity index (χ1v) is 8.91. The van der Waals surface area contributed by atoms with E-state index in [0.29, 0.717) is 22.9 Å². The molecule has 139 valence electrons. The van der Waals surface area contributed by atoms with E-state index in [1.165, 1.54) is 12.0 Å². The molecule has 1 N–H and O–H groups in total. The molecule has 1 aromatic carbocycles. The van der Waals surface area contributed by atoms with Gasteiger partial charge >= 0.3 is 6.03 Å². The SMILES string of the molecule is [CH2]CC1CCN(C(=O)c2ccc(OC)c(N3CCC(=O)NC3=O)c2)CC1. The molecule has 2 fully saturated rings. The molecule has 3 rings (SSSR count). The molecule has 26 heavy (non-hydrogen) atoms. The average molecular weight is 358 g/mol. The molecule has 0 atom stereocenters. The van der Waals surface area contributed by atoms with Gasteiger partial charge in [-0.2, -0.15) is 0 Å². The highest BCUT2D eigenvalue weighted by molar-refractivity contribution is 6.07. The first kappa shape index (κ1) is 18.2. The standard InChI is InChI=1S/C19H24N3O4/c1-3-13-6-9-21(10-7-13)18(24)14-4-5-16(26-2)15(12-14)22-11-8-17(23)20-19(22)25/h4-5,12-13H,1,3,6-11H2,2H3,(H,20,23,25). The van der Waals surface area contributed by atoms with Gasteiger partial charge in [-0.25, -0.2) is 4.79 Å². The molecule has 1 aromatic rings. The smallest absolute Gasteiger partial charge is 0.328 e. The van der Waals surface area contributed by atoms with E-state index in [2.05, 4.69) is 12.2 Å². The van der Waals surface area contributed by atoms with Gasteiger partial charge in [-0.1, -0.05) is 13.3 Å². The molecule has 2 aliphatic rings. The third kappa shape index (κ3) is 3.66. The molecule has 0 bridgehead atoms. The van der Waals surface area contributed by atoms with Crippen LogP contribution in [0.1, 0.15) is 36.0 Å². The van der Waals surface area contributed by atoms with Gasteiger partial charge < -0.3 is 9.64 Å². The van der Waals surface area contributed by atoms with Gasteiger partial charge in [0, 0.05) is 31.6 Å². The van der Waals surface area contributed by atoms with Gasteiger partial charge in [0.2, 0.25) is 5.91 Å². The minimum Gasteiger partial charge on any atom is -0.495 e. The zero-order valence-electron chi connectivity index (χ0n) is 15.0. The monoisotopic (exact) mass is 358 g/mol. The van der Waals surface area contributed by atoms with Gasteiger partial charge in [-0.15, -0.1) is 0 Å². The van der Waals surface area contributed by atoms with Gasteiger partial charge in [0.25, 0.3) is 5.91 Å². The van der Waals surface area contributed by atoms with Crippen LogP contribution in [-0.2, 0) is 4.79 Å². The van der Waals surface area contributed by atoms with E-state index in [9.17, 15) is 14.4 Å². The van der Waals surface area contributed by atoms with E-state index in [0.717, 1.165) is 32.4 Å². The minimum absolute atomic E-state index is 0.0510. The van der Waals surface area contributed by atoms with Crippen molar-refractivity contribution in [3.8, 4) is 5.75 Å². The highest BCUT2D eigenvalue weighted by Crippen LogP contribution is 2.31. The Kier molecular flexibility index (Phi) is 5.44. The molecule has 7 nitrogen and oxygen atoms in total. The number of imide groups is 1. The largest absolute Gasteiger partial charge is 0.495 e. The van der Waals surface area contributed by atoms with Crippen LogP contribution in [0.4, 0.5) is 10.5 Å². The molecule has 0 aromatic heterocycles. The summed E-state index contributed by atoms with van der Waals surface area (Å²) in [4.78, 5) is 39.7. The number of likely N-dealkylation sites (tertiary alicyclic amines) is 1. The quantitative estimate of drug-likeness (QED) is 0.895. The number of carbonyl (C=O) groups excluding carboxylic acids is 3. The normalized spacial score (nSPS) is 18.7. The molecule has 0 unspecified atom stereocenters. The van der Waals surface area contributed by atoms with Crippen LogP contribution in [0.2, 0.25) is 0 Å². The van der Waals surface area contributed by atoms with Crippen LogP contribution >= 0.6 is 0 Å². The number of nitrogens with zero attached hydrogens (tertiary/aromatic N) is 2. The van der Waals surface area contributed by atoms with Crippen molar-refractivity contribution in [1.82, 2.24) is 10.2 Å². The van der Waals surface area contributed by atoms with Crippen LogP contribution in [0.3, 0.4) is 0 Å². The number of piperidine rings is 1. The number of benzene rings is 1. The number of methoxy groups -OCH3 is 1. The van der Waals surface area contributed by atoms with Gasteiger partial charge in [0.1, 0.15) is 5.75 Å². The van der Waals surface area contributed by atoms with Crippen LogP contribution in [-0.4, -0.2) is 49.5 Å². The molecule has 0 spiro atoms. The van der Waals surface area contributed by atoms with Crippen molar-refractivity contribution >= 4 is 23.5 Å². The van der Waals surface area contributed by atoms with Gasteiger partial charge in [0.05, 0.1) is 12.8 Å². The summed E-state index contributed by atoms with van der Waals surface area (Å²) in [5, 5.41) is 2.29. The second-order valence-corrected chi connectivity index (χ2v) is 6.67. The van der Waals surface area contributed by atoms with E-state index in [1.54, 1.807) is 18.2 Å². The fraction of sp³-hybridized carbons (Fsp3) is 0.474. The number of urea groups is 1. The predicted octanol–water partition coefficient (Wildman–Crippen LogP) is 2.22. The Morgan fingerprint density at radius 3 is 2.62 bits per heavy atom. The lowest BCUT2D eigenvalue weighted by atomic mass is 9.94. The van der Waals surface area contributed by atoms with Gasteiger partial charge in [-0.05, 0) is 37.0 Å². The maximum absolute atomic E-state index is 12.9. The van der Waals surface area contributed by atoms with E-state index in [-0.39, 0.29) is 24.8 Å². The summed E-state index contributed by atoms with van der Waals surface area (Å²) < 4.78 is 5.34. The number of ether oxygens (including phenoxy) is 1. The zero-order valence-corrected chi connectivity index (χ0v) is 15.0. The highest BCUT2D eigenvalue weighted by atomic mass is 16.5. The van der Waals surface area contributed by atoms with Crippen LogP contribution in [0.25, 0.3) is 0 Å². The molecule has 1 radical (unpaired) electrons. The van der Waals surface area contributed by atoms with Crippen molar-refractivity contribution < 1.29 is 19.1 Å². The summed E-state index contributed by atoms with van der Waals surface area (Å²) in [6.07, 6.45) is 3.05. The topological polar surface area (TPSA) is 79.0 Å². The number of hydrogen-bond donors (Lipinski definition) is 1. The second kappa shape index (κ2) is 7.76. The van der Waals surface area contributed by atoms with Crippen LogP contribution in [0.5, 0.6) is 5.75 Å².